The number of piperidine rings is 1. The van der Waals surface area contributed by atoms with Gasteiger partial charge >= 0.3 is 12.1 Å². The molecule has 9 nitrogen and oxygen atoms in total. The molecular weight excluding hydrogens is 577 g/mol. The number of β-amino-alcohol motifs (C(OH)–C–C–N with tert-alkyl or cyclic N) is 1. The van der Waals surface area contributed by atoms with Crippen molar-refractivity contribution in [3.63, 3.8) is 0 Å². The molecule has 0 spiro atoms. The molecule has 2 aromatic heterocycles. The number of alkyl halides is 3. The second-order valence-corrected chi connectivity index (χ2v) is 10.8. The molecule has 0 bridgehead atoms. The highest BCUT2D eigenvalue weighted by Crippen LogP contribution is 2.44. The van der Waals surface area contributed by atoms with Crippen LogP contribution in [-0.2, 0) is 23.4 Å². The van der Waals surface area contributed by atoms with Gasteiger partial charge in [0, 0.05) is 48.5 Å². The minimum atomic E-state index is -4.99. The third-order valence-corrected chi connectivity index (χ3v) is 7.83. The van der Waals surface area contributed by atoms with Crippen molar-refractivity contribution >= 4 is 22.6 Å². The van der Waals surface area contributed by atoms with Gasteiger partial charge in [-0.15, -0.1) is 0 Å². The minimum Gasteiger partial charge on any atom is -0.493 e. The van der Waals surface area contributed by atoms with E-state index in [9.17, 15) is 23.1 Å². The van der Waals surface area contributed by atoms with E-state index in [0.29, 0.717) is 41.1 Å². The van der Waals surface area contributed by atoms with Gasteiger partial charge in [0.05, 0.1) is 32.3 Å². The molecule has 2 aromatic carbocycles. The number of aliphatic hydroxyl groups is 1. The summed E-state index contributed by atoms with van der Waals surface area (Å²) in [4.78, 5) is 20.3. The van der Waals surface area contributed by atoms with E-state index in [-0.39, 0.29) is 48.8 Å². The highest BCUT2D eigenvalue weighted by atomic mass is 19.4. The second-order valence-electron chi connectivity index (χ2n) is 10.8. The summed E-state index contributed by atoms with van der Waals surface area (Å²) in [5.74, 6) is -0.176. The van der Waals surface area contributed by atoms with E-state index in [2.05, 4.69) is 9.83 Å². The molecule has 44 heavy (non-hydrogen) atoms. The number of aromatic nitrogens is 2. The van der Waals surface area contributed by atoms with E-state index in [0.717, 1.165) is 0 Å². The van der Waals surface area contributed by atoms with Crippen molar-refractivity contribution < 1.29 is 37.7 Å². The zero-order valence-electron chi connectivity index (χ0n) is 23.9. The van der Waals surface area contributed by atoms with Crippen molar-refractivity contribution in [3.8, 4) is 11.5 Å². The SMILES string of the molecule is [C-]#[N+]c1ccc2c(C(O)(CN3CCC(Oc4ccc(CC(=O)O)cc4OC)CC3)C(F)(F)F)cn(Cc3ccccn3)c2c1. The monoisotopic (exact) mass is 608 g/mol. The van der Waals surface area contributed by atoms with E-state index in [4.69, 9.17) is 21.2 Å². The molecule has 1 unspecified atom stereocenters. The Labute approximate surface area is 251 Å². The normalized spacial score (nSPS) is 15.9. The molecule has 2 N–H and O–H groups in total. The van der Waals surface area contributed by atoms with Crippen LogP contribution in [0.1, 0.15) is 29.7 Å². The zero-order chi connectivity index (χ0) is 31.5. The van der Waals surface area contributed by atoms with Crippen LogP contribution < -0.4 is 9.47 Å². The molecule has 4 aromatic rings. The number of benzene rings is 2. The lowest BCUT2D eigenvalue weighted by Gasteiger charge is -2.39. The number of ether oxygens (including phenoxy) is 2. The number of aliphatic carboxylic acids is 1. The zero-order valence-corrected chi connectivity index (χ0v) is 23.9. The number of methoxy groups -OCH3 is 1. The fourth-order valence-corrected chi connectivity index (χ4v) is 5.59. The molecule has 1 aliphatic heterocycles. The van der Waals surface area contributed by atoms with Gasteiger partial charge in [0.2, 0.25) is 5.60 Å². The van der Waals surface area contributed by atoms with Crippen LogP contribution in [0.3, 0.4) is 0 Å². The summed E-state index contributed by atoms with van der Waals surface area (Å²) in [5.41, 5.74) is -1.62. The van der Waals surface area contributed by atoms with Gasteiger partial charge in [-0.05, 0) is 48.7 Å². The molecule has 1 fully saturated rings. The molecular formula is C32H31F3N4O5. The van der Waals surface area contributed by atoms with Gasteiger partial charge in [-0.3, -0.25) is 14.7 Å². The average Bonchev–Trinajstić information content (AvgIpc) is 3.36. The van der Waals surface area contributed by atoms with Crippen LogP contribution in [0.2, 0.25) is 0 Å². The number of carboxylic acids is 1. The van der Waals surface area contributed by atoms with E-state index in [1.54, 1.807) is 52.1 Å². The first-order valence-corrected chi connectivity index (χ1v) is 14.0. The average molecular weight is 609 g/mol. The summed E-state index contributed by atoms with van der Waals surface area (Å²) in [6, 6.07) is 14.6. The molecule has 0 saturated carbocycles. The molecule has 12 heteroatoms. The number of pyridine rings is 1. The first-order chi connectivity index (χ1) is 21.0. The third kappa shape index (κ3) is 6.49. The Morgan fingerprint density at radius 3 is 2.52 bits per heavy atom. The minimum absolute atomic E-state index is 0.163. The maximum absolute atomic E-state index is 14.8. The molecule has 1 aliphatic rings. The molecule has 1 saturated heterocycles. The van der Waals surface area contributed by atoms with E-state index in [1.807, 2.05) is 0 Å². The second kappa shape index (κ2) is 12.6. The quantitative estimate of drug-likeness (QED) is 0.227. The standard InChI is InChI=1S/C32H31F3N4O5/c1-36-22-7-8-25-26(19-39(27(25)17-22)18-23-5-3-4-12-37-23)31(42,32(33,34)35)20-38-13-10-24(11-14-38)44-28-9-6-21(16-30(40)41)15-29(28)43-2/h3-9,12,15,17,19,24,42H,10-11,13-14,16,18,20H2,2H3,(H,40,41). The molecule has 0 amide bonds. The van der Waals surface area contributed by atoms with Crippen molar-refractivity contribution in [2.24, 2.45) is 0 Å². The van der Waals surface area contributed by atoms with Crippen LogP contribution in [0.25, 0.3) is 15.7 Å². The number of nitrogens with zero attached hydrogens (tertiary/aromatic N) is 4. The number of rotatable bonds is 10. The van der Waals surface area contributed by atoms with Crippen LogP contribution >= 0.6 is 0 Å². The topological polar surface area (TPSA) is 101 Å². The maximum atomic E-state index is 14.8. The number of halogens is 3. The largest absolute Gasteiger partial charge is 0.493 e. The van der Waals surface area contributed by atoms with E-state index < -0.39 is 24.3 Å². The van der Waals surface area contributed by atoms with Gasteiger partial charge in [0.25, 0.3) is 0 Å². The fourth-order valence-electron chi connectivity index (χ4n) is 5.59. The van der Waals surface area contributed by atoms with Crippen LogP contribution in [0.15, 0.2) is 67.0 Å². The summed E-state index contributed by atoms with van der Waals surface area (Å²) in [5, 5.41) is 20.7. The summed E-state index contributed by atoms with van der Waals surface area (Å²) in [7, 11) is 1.45. The number of hydrogen-bond acceptors (Lipinski definition) is 6. The summed E-state index contributed by atoms with van der Waals surface area (Å²) in [6.45, 7) is 7.36. The van der Waals surface area contributed by atoms with Crippen LogP contribution in [0.5, 0.6) is 11.5 Å². The number of fused-ring (bicyclic) bond motifs is 1. The van der Waals surface area contributed by atoms with Crippen molar-refractivity contribution in [2.45, 2.75) is 43.7 Å². The predicted octanol–water partition coefficient (Wildman–Crippen LogP) is 5.56. The Bertz CT molecular complexity index is 1680. The highest BCUT2D eigenvalue weighted by molar-refractivity contribution is 5.88. The lowest BCUT2D eigenvalue weighted by molar-refractivity contribution is -0.272. The molecule has 5 rings (SSSR count). The third-order valence-electron chi connectivity index (χ3n) is 7.83. The number of carbonyl (C=O) groups is 1. The Hall–Kier alpha value is -4.60. The summed E-state index contributed by atoms with van der Waals surface area (Å²) in [6.07, 6.45) is -1.74. The van der Waals surface area contributed by atoms with Crippen LogP contribution in [0.4, 0.5) is 18.9 Å². The van der Waals surface area contributed by atoms with Crippen molar-refractivity contribution in [3.05, 3.63) is 95.2 Å². The van der Waals surface area contributed by atoms with E-state index >= 15 is 0 Å². The lowest BCUT2D eigenvalue weighted by Crippen LogP contribution is -2.53. The Balaban J connectivity index is 1.36. The van der Waals surface area contributed by atoms with E-state index in [1.165, 1.54) is 31.5 Å². The Morgan fingerprint density at radius 2 is 1.89 bits per heavy atom. The first kappa shape index (κ1) is 30.8. The van der Waals surface area contributed by atoms with Crippen LogP contribution in [0, 0.1) is 6.57 Å². The van der Waals surface area contributed by atoms with Crippen molar-refractivity contribution in [1.82, 2.24) is 14.5 Å². The predicted molar refractivity (Wildman–Crippen MR) is 156 cm³/mol. The number of carboxylic acid groups (broad SMARTS) is 1. The molecule has 3 heterocycles. The Morgan fingerprint density at radius 1 is 1.11 bits per heavy atom. The van der Waals surface area contributed by atoms with Crippen molar-refractivity contribution in [1.29, 1.82) is 0 Å². The van der Waals surface area contributed by atoms with Gasteiger partial charge in [0.15, 0.2) is 17.2 Å². The van der Waals surface area contributed by atoms with Gasteiger partial charge < -0.3 is 24.3 Å². The number of likely N-dealkylation sites (tertiary alicyclic amines) is 1. The molecule has 0 radical (unpaired) electrons. The molecule has 230 valence electrons. The fraction of sp³-hybridized carbons (Fsp3) is 0.344. The van der Waals surface area contributed by atoms with Gasteiger partial charge in [-0.1, -0.05) is 24.3 Å². The lowest BCUT2D eigenvalue weighted by atomic mass is 9.91. The van der Waals surface area contributed by atoms with Gasteiger partial charge in [0.1, 0.15) is 6.10 Å². The Kier molecular flexibility index (Phi) is 8.80. The maximum Gasteiger partial charge on any atom is 0.422 e. The summed E-state index contributed by atoms with van der Waals surface area (Å²) >= 11 is 0. The van der Waals surface area contributed by atoms with Crippen LogP contribution in [-0.4, -0.2) is 69.7 Å². The summed E-state index contributed by atoms with van der Waals surface area (Å²) < 4.78 is 57.4. The van der Waals surface area contributed by atoms with Gasteiger partial charge in [-0.2, -0.15) is 13.2 Å². The first-order valence-electron chi connectivity index (χ1n) is 14.0. The molecule has 1 atom stereocenters. The van der Waals surface area contributed by atoms with Crippen molar-refractivity contribution in [2.75, 3.05) is 26.7 Å². The highest BCUT2D eigenvalue weighted by Gasteiger charge is 2.57. The van der Waals surface area contributed by atoms with Gasteiger partial charge in [-0.25, -0.2) is 4.85 Å². The molecule has 0 aliphatic carbocycles. The smallest absolute Gasteiger partial charge is 0.422 e. The number of hydrogen-bond donors (Lipinski definition) is 2.